The molecule has 1 saturated carbocycles. The van der Waals surface area contributed by atoms with Crippen molar-refractivity contribution in [1.29, 1.82) is 0 Å². The first-order valence-electron chi connectivity index (χ1n) is 11.0. The third kappa shape index (κ3) is 5.08. The Balaban J connectivity index is 1.39. The minimum absolute atomic E-state index is 0.0942. The van der Waals surface area contributed by atoms with Gasteiger partial charge in [0.05, 0.1) is 6.26 Å². The van der Waals surface area contributed by atoms with Crippen LogP contribution in [0, 0.1) is 19.3 Å². The average molecular weight is 395 g/mol. The van der Waals surface area contributed by atoms with Gasteiger partial charge in [-0.05, 0) is 81.7 Å². The molecular formula is C24H32N3O2. The Kier molecular flexibility index (Phi) is 6.65. The maximum atomic E-state index is 13.2. The number of anilines is 1. The van der Waals surface area contributed by atoms with Crippen LogP contribution in [0.1, 0.15) is 61.1 Å². The molecule has 1 saturated heterocycles. The van der Waals surface area contributed by atoms with Crippen LogP contribution >= 0.6 is 0 Å². The van der Waals surface area contributed by atoms with Crippen LogP contribution in [0.3, 0.4) is 0 Å². The van der Waals surface area contributed by atoms with Crippen molar-refractivity contribution in [3.63, 3.8) is 0 Å². The van der Waals surface area contributed by atoms with E-state index in [0.717, 1.165) is 37.4 Å². The van der Waals surface area contributed by atoms with Crippen molar-refractivity contribution in [1.82, 2.24) is 9.88 Å². The molecule has 0 bridgehead atoms. The molecule has 1 aliphatic heterocycles. The number of pyridine rings is 1. The summed E-state index contributed by atoms with van der Waals surface area (Å²) < 4.78 is 5.41. The fourth-order valence-electron chi connectivity index (χ4n) is 4.63. The first kappa shape index (κ1) is 20.1. The first-order chi connectivity index (χ1) is 14.2. The van der Waals surface area contributed by atoms with E-state index in [1.54, 1.807) is 18.4 Å². The Bertz CT molecular complexity index is 758. The molecular weight excluding hydrogens is 362 g/mol. The topological polar surface area (TPSA) is 49.6 Å². The molecule has 0 aromatic carbocycles. The Labute approximate surface area is 174 Å². The number of furan rings is 1. The molecule has 1 amide bonds. The summed E-state index contributed by atoms with van der Waals surface area (Å²) in [5, 5.41) is 0. The van der Waals surface area contributed by atoms with Crippen molar-refractivity contribution < 1.29 is 9.21 Å². The fourth-order valence-corrected chi connectivity index (χ4v) is 4.63. The minimum Gasteiger partial charge on any atom is -0.459 e. The van der Waals surface area contributed by atoms with Gasteiger partial charge in [0.2, 0.25) is 0 Å². The standard InChI is InChI=1S/C24H32N3O2/c1-19-9-10-23(25-18-19)27(24(28)22-8-5-17-29-22)21-12-15-26(16-13-21)14-11-20-6-3-2-4-7-20/h2,5,8-10,17-18,20-21H,3-4,6-7,11-16H2,1H3. The highest BCUT2D eigenvalue weighted by Gasteiger charge is 2.32. The summed E-state index contributed by atoms with van der Waals surface area (Å²) >= 11 is 0. The normalized spacial score (nSPS) is 19.3. The summed E-state index contributed by atoms with van der Waals surface area (Å²) in [7, 11) is 0. The molecule has 1 aliphatic carbocycles. The monoisotopic (exact) mass is 394 g/mol. The van der Waals surface area contributed by atoms with Crippen LogP contribution < -0.4 is 4.90 Å². The Morgan fingerprint density at radius 2 is 1.97 bits per heavy atom. The third-order valence-corrected chi connectivity index (χ3v) is 6.43. The number of carbonyl (C=O) groups excluding carboxylic acids is 1. The molecule has 5 heteroatoms. The maximum Gasteiger partial charge on any atom is 0.295 e. The molecule has 155 valence electrons. The lowest BCUT2D eigenvalue weighted by Crippen LogP contribution is -2.48. The van der Waals surface area contributed by atoms with Crippen LogP contribution in [0.25, 0.3) is 0 Å². The summed E-state index contributed by atoms with van der Waals surface area (Å²) in [6, 6.07) is 7.62. The quantitative estimate of drug-likeness (QED) is 0.701. The number of likely N-dealkylation sites (tertiary alicyclic amines) is 1. The number of rotatable bonds is 6. The van der Waals surface area contributed by atoms with Gasteiger partial charge in [-0.15, -0.1) is 0 Å². The van der Waals surface area contributed by atoms with Crippen LogP contribution in [0.4, 0.5) is 5.82 Å². The zero-order chi connectivity index (χ0) is 20.1. The Hall–Kier alpha value is -2.14. The lowest BCUT2D eigenvalue weighted by atomic mass is 9.87. The van der Waals surface area contributed by atoms with Crippen molar-refractivity contribution in [3.05, 3.63) is 54.5 Å². The van der Waals surface area contributed by atoms with Crippen molar-refractivity contribution in [2.24, 2.45) is 5.92 Å². The number of aryl methyl sites for hydroxylation is 1. The van der Waals surface area contributed by atoms with Crippen LogP contribution in [0.15, 0.2) is 41.1 Å². The van der Waals surface area contributed by atoms with E-state index in [-0.39, 0.29) is 11.9 Å². The summed E-state index contributed by atoms with van der Waals surface area (Å²) in [5.41, 5.74) is 1.09. The Morgan fingerprint density at radius 3 is 2.62 bits per heavy atom. The van der Waals surface area contributed by atoms with Crippen LogP contribution in [-0.2, 0) is 0 Å². The molecule has 2 aromatic heterocycles. The number of aromatic nitrogens is 1. The van der Waals surface area contributed by atoms with Crippen molar-refractivity contribution >= 4 is 11.7 Å². The third-order valence-electron chi connectivity index (χ3n) is 6.43. The van der Waals surface area contributed by atoms with E-state index in [1.807, 2.05) is 30.2 Å². The van der Waals surface area contributed by atoms with E-state index in [0.29, 0.717) is 11.6 Å². The van der Waals surface area contributed by atoms with E-state index in [1.165, 1.54) is 38.6 Å². The minimum atomic E-state index is -0.0942. The second-order valence-electron chi connectivity index (χ2n) is 8.52. The smallest absolute Gasteiger partial charge is 0.295 e. The molecule has 0 spiro atoms. The number of piperidine rings is 1. The van der Waals surface area contributed by atoms with Crippen LogP contribution in [0.2, 0.25) is 0 Å². The van der Waals surface area contributed by atoms with E-state index < -0.39 is 0 Å². The zero-order valence-corrected chi connectivity index (χ0v) is 17.4. The molecule has 4 rings (SSSR count). The average Bonchev–Trinajstić information content (AvgIpc) is 3.30. The van der Waals surface area contributed by atoms with Crippen LogP contribution in [-0.4, -0.2) is 41.5 Å². The molecule has 0 atom stereocenters. The summed E-state index contributed by atoms with van der Waals surface area (Å²) in [4.78, 5) is 22.2. The molecule has 0 unspecified atom stereocenters. The van der Waals surface area contributed by atoms with E-state index in [2.05, 4.69) is 16.3 Å². The fraction of sp³-hybridized carbons (Fsp3) is 0.542. The van der Waals surface area contributed by atoms with Gasteiger partial charge in [-0.3, -0.25) is 9.69 Å². The number of hydrogen-bond donors (Lipinski definition) is 0. The van der Waals surface area contributed by atoms with Gasteiger partial charge < -0.3 is 9.32 Å². The van der Waals surface area contributed by atoms with Gasteiger partial charge in [-0.1, -0.05) is 18.9 Å². The summed E-state index contributed by atoms with van der Waals surface area (Å²) in [6.07, 6.45) is 14.4. The maximum absolute atomic E-state index is 13.2. The molecule has 3 heterocycles. The predicted octanol–water partition coefficient (Wildman–Crippen LogP) is 4.88. The van der Waals surface area contributed by atoms with Gasteiger partial charge in [-0.2, -0.15) is 0 Å². The van der Waals surface area contributed by atoms with E-state index in [4.69, 9.17) is 4.42 Å². The lowest BCUT2D eigenvalue weighted by Gasteiger charge is -2.38. The SMILES string of the molecule is Cc1ccc(N(C(=O)c2ccco2)C2CCN(CCC3CC[CH]CC3)CC2)nc1. The number of carbonyl (C=O) groups is 1. The van der Waals surface area contributed by atoms with Crippen molar-refractivity contribution in [2.75, 3.05) is 24.5 Å². The highest BCUT2D eigenvalue weighted by atomic mass is 16.3. The van der Waals surface area contributed by atoms with Gasteiger partial charge >= 0.3 is 0 Å². The predicted molar refractivity (Wildman–Crippen MR) is 115 cm³/mol. The highest BCUT2D eigenvalue weighted by molar-refractivity contribution is 6.04. The molecule has 0 N–H and O–H groups in total. The van der Waals surface area contributed by atoms with Gasteiger partial charge in [0, 0.05) is 25.3 Å². The number of nitrogens with zero attached hydrogens (tertiary/aromatic N) is 3. The van der Waals surface area contributed by atoms with Gasteiger partial charge in [-0.25, -0.2) is 4.98 Å². The van der Waals surface area contributed by atoms with E-state index >= 15 is 0 Å². The first-order valence-corrected chi connectivity index (χ1v) is 11.0. The van der Waals surface area contributed by atoms with Gasteiger partial charge in [0.15, 0.2) is 5.76 Å². The second-order valence-corrected chi connectivity index (χ2v) is 8.52. The van der Waals surface area contributed by atoms with Gasteiger partial charge in [0.25, 0.3) is 5.91 Å². The molecule has 1 radical (unpaired) electrons. The lowest BCUT2D eigenvalue weighted by molar-refractivity contribution is 0.0930. The van der Waals surface area contributed by atoms with E-state index in [9.17, 15) is 4.79 Å². The highest BCUT2D eigenvalue weighted by Crippen LogP contribution is 2.28. The molecule has 2 aromatic rings. The van der Waals surface area contributed by atoms with Crippen LogP contribution in [0.5, 0.6) is 0 Å². The second kappa shape index (κ2) is 9.57. The van der Waals surface area contributed by atoms with Crippen molar-refractivity contribution in [2.45, 2.75) is 57.9 Å². The molecule has 5 nitrogen and oxygen atoms in total. The summed E-state index contributed by atoms with van der Waals surface area (Å²) in [6.45, 7) is 5.28. The zero-order valence-electron chi connectivity index (χ0n) is 17.4. The molecule has 2 fully saturated rings. The molecule has 29 heavy (non-hydrogen) atoms. The largest absolute Gasteiger partial charge is 0.459 e. The Morgan fingerprint density at radius 1 is 1.17 bits per heavy atom. The van der Waals surface area contributed by atoms with Gasteiger partial charge in [0.1, 0.15) is 5.82 Å². The number of hydrogen-bond acceptors (Lipinski definition) is 4. The molecule has 2 aliphatic rings. The summed E-state index contributed by atoms with van der Waals surface area (Å²) in [5.74, 6) is 1.90. The number of amides is 1. The van der Waals surface area contributed by atoms with Crippen molar-refractivity contribution in [3.8, 4) is 0 Å².